The van der Waals surface area contributed by atoms with Crippen LogP contribution in [0.1, 0.15) is 23.3 Å². The van der Waals surface area contributed by atoms with E-state index < -0.39 is 0 Å². The molecule has 2 aromatic heterocycles. The van der Waals surface area contributed by atoms with Gasteiger partial charge in [0.15, 0.2) is 17.6 Å². The van der Waals surface area contributed by atoms with E-state index >= 15 is 0 Å². The smallest absolute Gasteiger partial charge is 0.225 e. The first-order valence-electron chi connectivity index (χ1n) is 11.1. The number of likely N-dealkylation sites (N-methyl/N-ethyl adjacent to an activating group) is 1. The van der Waals surface area contributed by atoms with E-state index in [1.54, 1.807) is 22.6 Å². The predicted molar refractivity (Wildman–Crippen MR) is 126 cm³/mol. The van der Waals surface area contributed by atoms with Crippen LogP contribution < -0.4 is 14.4 Å². The molecule has 1 unspecified atom stereocenters. The lowest BCUT2D eigenvalue weighted by molar-refractivity contribution is -0.136. The van der Waals surface area contributed by atoms with Gasteiger partial charge in [-0.2, -0.15) is 0 Å². The molecule has 168 valence electrons. The number of carbonyl (C=O) groups is 1. The van der Waals surface area contributed by atoms with Crippen LogP contribution in [0.25, 0.3) is 10.2 Å². The van der Waals surface area contributed by atoms with Gasteiger partial charge < -0.3 is 19.3 Å². The highest BCUT2D eigenvalue weighted by Gasteiger charge is 2.31. The van der Waals surface area contributed by atoms with Crippen molar-refractivity contribution in [1.29, 1.82) is 0 Å². The fourth-order valence-electron chi connectivity index (χ4n) is 4.60. The van der Waals surface area contributed by atoms with Crippen LogP contribution in [0.4, 0.5) is 5.82 Å². The van der Waals surface area contributed by atoms with Gasteiger partial charge in [-0.05, 0) is 44.4 Å². The molecular formula is C24H28N4O3S. The van der Waals surface area contributed by atoms with Gasteiger partial charge in [0.2, 0.25) is 5.91 Å². The minimum absolute atomic E-state index is 0.0238. The number of hydrogen-bond acceptors (Lipinski definition) is 7. The molecule has 7 nitrogen and oxygen atoms in total. The van der Waals surface area contributed by atoms with E-state index in [1.807, 2.05) is 31.3 Å². The van der Waals surface area contributed by atoms with Gasteiger partial charge in [-0.1, -0.05) is 12.1 Å². The van der Waals surface area contributed by atoms with E-state index in [-0.39, 0.29) is 17.9 Å². The Hall–Kier alpha value is -2.87. The number of aryl methyl sites for hydroxylation is 2. The van der Waals surface area contributed by atoms with E-state index in [1.165, 1.54) is 10.4 Å². The highest BCUT2D eigenvalue weighted by atomic mass is 32.1. The van der Waals surface area contributed by atoms with Crippen LogP contribution in [-0.2, 0) is 4.79 Å². The average molecular weight is 453 g/mol. The maximum absolute atomic E-state index is 13.1. The summed E-state index contributed by atoms with van der Waals surface area (Å²) < 4.78 is 11.8. The molecule has 0 saturated carbocycles. The summed E-state index contributed by atoms with van der Waals surface area (Å²) in [6.45, 7) is 6.89. The summed E-state index contributed by atoms with van der Waals surface area (Å²) in [5.41, 5.74) is 1.26. The van der Waals surface area contributed by atoms with Gasteiger partial charge >= 0.3 is 0 Å². The van der Waals surface area contributed by atoms with Gasteiger partial charge in [-0.25, -0.2) is 9.97 Å². The first kappa shape index (κ1) is 21.0. The number of rotatable bonds is 4. The van der Waals surface area contributed by atoms with Crippen molar-refractivity contribution in [3.05, 3.63) is 41.0 Å². The Morgan fingerprint density at radius 3 is 2.72 bits per heavy atom. The molecule has 2 aliphatic heterocycles. The summed E-state index contributed by atoms with van der Waals surface area (Å²) in [6.07, 6.45) is 3.14. The fraction of sp³-hybridized carbons (Fsp3) is 0.458. The molecule has 5 rings (SSSR count). The number of aromatic nitrogens is 2. The monoisotopic (exact) mass is 452 g/mol. The summed E-state index contributed by atoms with van der Waals surface area (Å²) in [5, 5.41) is 1.16. The van der Waals surface area contributed by atoms with Crippen molar-refractivity contribution in [2.75, 3.05) is 38.2 Å². The summed E-state index contributed by atoms with van der Waals surface area (Å²) in [6, 6.07) is 7.66. The molecular weight excluding hydrogens is 424 g/mol. The molecule has 2 aliphatic rings. The standard InChI is InChI=1S/C24H28N4O3S/c1-15-16(2)32-23-21(15)22(25-14-26-23)28-10-8-17(9-11-28)24(29)27(3)12-18-13-30-19-6-4-5-7-20(19)31-18/h4-7,14,17-18H,8-13H2,1-3H3. The van der Waals surface area contributed by atoms with E-state index in [0.717, 1.165) is 53.5 Å². The van der Waals surface area contributed by atoms with E-state index in [9.17, 15) is 4.79 Å². The third-order valence-electron chi connectivity index (χ3n) is 6.51. The first-order valence-corrected chi connectivity index (χ1v) is 11.9. The lowest BCUT2D eigenvalue weighted by Crippen LogP contribution is -2.46. The minimum atomic E-state index is -0.155. The number of benzene rings is 1. The maximum atomic E-state index is 13.1. The quantitative estimate of drug-likeness (QED) is 0.600. The van der Waals surface area contributed by atoms with Crippen LogP contribution in [0.2, 0.25) is 0 Å². The fourth-order valence-corrected chi connectivity index (χ4v) is 5.59. The zero-order valence-corrected chi connectivity index (χ0v) is 19.5. The average Bonchev–Trinajstić information content (AvgIpc) is 3.12. The molecule has 0 aliphatic carbocycles. The van der Waals surface area contributed by atoms with Gasteiger partial charge in [0.25, 0.3) is 0 Å². The molecule has 0 spiro atoms. The van der Waals surface area contributed by atoms with Crippen LogP contribution in [0.3, 0.4) is 0 Å². The normalized spacial score (nSPS) is 18.7. The van der Waals surface area contributed by atoms with Crippen LogP contribution in [0.5, 0.6) is 11.5 Å². The molecule has 1 saturated heterocycles. The Labute approximate surface area is 192 Å². The Kier molecular flexibility index (Phi) is 5.63. The number of anilines is 1. The molecule has 3 aromatic rings. The second-order valence-electron chi connectivity index (χ2n) is 8.64. The molecule has 0 N–H and O–H groups in total. The highest BCUT2D eigenvalue weighted by molar-refractivity contribution is 7.18. The second kappa shape index (κ2) is 8.58. The van der Waals surface area contributed by atoms with Gasteiger partial charge in [-0.3, -0.25) is 4.79 Å². The first-order chi connectivity index (χ1) is 15.5. The lowest BCUT2D eigenvalue weighted by atomic mass is 9.95. The molecule has 1 atom stereocenters. The third-order valence-corrected chi connectivity index (χ3v) is 7.63. The molecule has 0 radical (unpaired) electrons. The van der Waals surface area contributed by atoms with Crippen molar-refractivity contribution < 1.29 is 14.3 Å². The largest absolute Gasteiger partial charge is 0.486 e. The number of piperidine rings is 1. The number of thiophene rings is 1. The zero-order chi connectivity index (χ0) is 22.2. The third kappa shape index (κ3) is 3.88. The Balaban J connectivity index is 1.20. The van der Waals surface area contributed by atoms with Crippen molar-refractivity contribution in [3.63, 3.8) is 0 Å². The van der Waals surface area contributed by atoms with Gasteiger partial charge in [0.05, 0.1) is 11.9 Å². The zero-order valence-electron chi connectivity index (χ0n) is 18.7. The summed E-state index contributed by atoms with van der Waals surface area (Å²) in [7, 11) is 1.87. The lowest BCUT2D eigenvalue weighted by Gasteiger charge is -2.35. The van der Waals surface area contributed by atoms with E-state index in [0.29, 0.717) is 13.2 Å². The minimum Gasteiger partial charge on any atom is -0.486 e. The van der Waals surface area contributed by atoms with Crippen molar-refractivity contribution >= 4 is 33.3 Å². The topological polar surface area (TPSA) is 67.8 Å². The summed E-state index contributed by atoms with van der Waals surface area (Å²) in [5.74, 6) is 2.72. The highest BCUT2D eigenvalue weighted by Crippen LogP contribution is 2.36. The number of ether oxygens (including phenoxy) is 2. The number of hydrogen-bond donors (Lipinski definition) is 0. The van der Waals surface area contributed by atoms with Crippen molar-refractivity contribution in [2.45, 2.75) is 32.8 Å². The molecule has 0 bridgehead atoms. The van der Waals surface area contributed by atoms with Gasteiger partial charge in [-0.15, -0.1) is 11.3 Å². The van der Waals surface area contributed by atoms with E-state index in [2.05, 4.69) is 28.7 Å². The van der Waals surface area contributed by atoms with Crippen molar-refractivity contribution in [2.24, 2.45) is 5.92 Å². The maximum Gasteiger partial charge on any atom is 0.225 e. The Morgan fingerprint density at radius 1 is 1.19 bits per heavy atom. The van der Waals surface area contributed by atoms with Crippen LogP contribution in [0, 0.1) is 19.8 Å². The molecule has 1 amide bonds. The summed E-state index contributed by atoms with van der Waals surface area (Å²) in [4.78, 5) is 28.6. The van der Waals surface area contributed by atoms with E-state index in [4.69, 9.17) is 9.47 Å². The molecule has 32 heavy (non-hydrogen) atoms. The number of carbonyl (C=O) groups excluding carboxylic acids is 1. The second-order valence-corrected chi connectivity index (χ2v) is 9.84. The molecule has 1 aromatic carbocycles. The Bertz CT molecular complexity index is 1140. The predicted octanol–water partition coefficient (Wildman–Crippen LogP) is 3.82. The van der Waals surface area contributed by atoms with Crippen LogP contribution >= 0.6 is 11.3 Å². The number of fused-ring (bicyclic) bond motifs is 2. The molecule has 1 fully saturated rings. The Morgan fingerprint density at radius 2 is 1.94 bits per heavy atom. The number of nitrogens with zero attached hydrogens (tertiary/aromatic N) is 4. The van der Waals surface area contributed by atoms with Gasteiger partial charge in [0, 0.05) is 30.9 Å². The van der Waals surface area contributed by atoms with Crippen molar-refractivity contribution in [3.8, 4) is 11.5 Å². The number of para-hydroxylation sites is 2. The van der Waals surface area contributed by atoms with Crippen molar-refractivity contribution in [1.82, 2.24) is 14.9 Å². The molecule has 8 heteroatoms. The SMILES string of the molecule is Cc1sc2ncnc(N3CCC(C(=O)N(C)CC4COc5ccccc5O4)CC3)c2c1C. The van der Waals surface area contributed by atoms with Crippen LogP contribution in [-0.4, -0.2) is 60.2 Å². The number of amides is 1. The van der Waals surface area contributed by atoms with Gasteiger partial charge in [0.1, 0.15) is 23.6 Å². The molecule has 4 heterocycles. The van der Waals surface area contributed by atoms with Crippen LogP contribution in [0.15, 0.2) is 30.6 Å². The summed E-state index contributed by atoms with van der Waals surface area (Å²) >= 11 is 1.72.